The van der Waals surface area contributed by atoms with E-state index in [-0.39, 0.29) is 0 Å². The predicted molar refractivity (Wildman–Crippen MR) is 80.2 cm³/mol. The van der Waals surface area contributed by atoms with E-state index in [0.29, 0.717) is 18.2 Å². The van der Waals surface area contributed by atoms with E-state index >= 15 is 0 Å². The summed E-state index contributed by atoms with van der Waals surface area (Å²) in [6, 6.07) is 6.03. The topological polar surface area (TPSA) is 15.3 Å². The summed E-state index contributed by atoms with van der Waals surface area (Å²) in [6.07, 6.45) is -2.16. The Bertz CT molecular complexity index is 416. The second-order valence-electron chi connectivity index (χ2n) is 5.66. The lowest BCUT2D eigenvalue weighted by molar-refractivity contribution is -0.137. The van der Waals surface area contributed by atoms with Gasteiger partial charge in [0.2, 0.25) is 0 Å². The average Bonchev–Trinajstić information content (AvgIpc) is 2.41. The van der Waals surface area contributed by atoms with Gasteiger partial charge >= 0.3 is 6.18 Å². The highest BCUT2D eigenvalue weighted by Crippen LogP contribution is 2.29. The molecule has 0 saturated heterocycles. The Morgan fingerprint density at radius 2 is 1.90 bits per heavy atom. The van der Waals surface area contributed by atoms with Gasteiger partial charge in [-0.25, -0.2) is 0 Å². The molecule has 0 spiro atoms. The summed E-state index contributed by atoms with van der Waals surface area (Å²) in [7, 11) is 2.10. The van der Waals surface area contributed by atoms with Gasteiger partial charge in [0.25, 0.3) is 0 Å². The Kier molecular flexibility index (Phi) is 7.18. The first-order valence-corrected chi connectivity index (χ1v) is 7.38. The molecule has 0 saturated carbocycles. The molecule has 5 heteroatoms. The van der Waals surface area contributed by atoms with Crippen LogP contribution >= 0.6 is 0 Å². The maximum atomic E-state index is 12.6. The molecule has 0 aliphatic heterocycles. The zero-order valence-corrected chi connectivity index (χ0v) is 13.0. The van der Waals surface area contributed by atoms with E-state index in [1.807, 2.05) is 0 Å². The van der Waals surface area contributed by atoms with Crippen LogP contribution in [0, 0.1) is 0 Å². The van der Waals surface area contributed by atoms with E-state index in [1.54, 1.807) is 6.07 Å². The fourth-order valence-corrected chi connectivity index (χ4v) is 1.96. The largest absolute Gasteiger partial charge is 0.416 e. The molecule has 0 fully saturated rings. The number of halogens is 3. The lowest BCUT2D eigenvalue weighted by Gasteiger charge is -2.20. The molecule has 1 N–H and O–H groups in total. The van der Waals surface area contributed by atoms with Crippen molar-refractivity contribution in [3.63, 3.8) is 0 Å². The van der Waals surface area contributed by atoms with Crippen molar-refractivity contribution in [1.29, 1.82) is 0 Å². The summed E-state index contributed by atoms with van der Waals surface area (Å²) in [4.78, 5) is 2.28. The highest BCUT2D eigenvalue weighted by molar-refractivity contribution is 5.25. The second-order valence-corrected chi connectivity index (χ2v) is 5.66. The van der Waals surface area contributed by atoms with Gasteiger partial charge in [-0.1, -0.05) is 18.2 Å². The standard InChI is InChI=1S/C16H25F3N2/c1-13(2)21(3)10-5-4-9-20-12-14-7-6-8-15(11-14)16(17,18)19/h6-8,11,13,20H,4-5,9-10,12H2,1-3H3. The van der Waals surface area contributed by atoms with Crippen LogP contribution in [0.3, 0.4) is 0 Å². The molecule has 1 aromatic rings. The molecule has 2 nitrogen and oxygen atoms in total. The molecule has 0 atom stereocenters. The fraction of sp³-hybridized carbons (Fsp3) is 0.625. The maximum Gasteiger partial charge on any atom is 0.416 e. The van der Waals surface area contributed by atoms with Crippen molar-refractivity contribution in [3.8, 4) is 0 Å². The normalized spacial score (nSPS) is 12.4. The molecule has 0 radical (unpaired) electrons. The van der Waals surface area contributed by atoms with E-state index in [9.17, 15) is 13.2 Å². The third-order valence-corrected chi connectivity index (χ3v) is 3.58. The number of nitrogens with zero attached hydrogens (tertiary/aromatic N) is 1. The Labute approximate surface area is 125 Å². The quantitative estimate of drug-likeness (QED) is 0.732. The predicted octanol–water partition coefficient (Wildman–Crippen LogP) is 3.92. The third-order valence-electron chi connectivity index (χ3n) is 3.58. The van der Waals surface area contributed by atoms with Gasteiger partial charge in [0.1, 0.15) is 0 Å². The zero-order valence-electron chi connectivity index (χ0n) is 13.0. The van der Waals surface area contributed by atoms with Gasteiger partial charge in [0, 0.05) is 12.6 Å². The number of unbranched alkanes of at least 4 members (excludes halogenated alkanes) is 1. The Balaban J connectivity index is 2.24. The average molecular weight is 302 g/mol. The Hall–Kier alpha value is -1.07. The summed E-state index contributed by atoms with van der Waals surface area (Å²) in [5, 5.41) is 3.20. The van der Waals surface area contributed by atoms with Gasteiger partial charge in [0.15, 0.2) is 0 Å². The van der Waals surface area contributed by atoms with Crippen LogP contribution in [0.5, 0.6) is 0 Å². The SMILES string of the molecule is CC(C)N(C)CCCCNCc1cccc(C(F)(F)F)c1. The summed E-state index contributed by atoms with van der Waals surface area (Å²) in [5.74, 6) is 0. The number of nitrogens with one attached hydrogen (secondary N) is 1. The van der Waals surface area contributed by atoms with Crippen molar-refractivity contribution in [2.24, 2.45) is 0 Å². The highest BCUT2D eigenvalue weighted by Gasteiger charge is 2.30. The summed E-state index contributed by atoms with van der Waals surface area (Å²) in [5.41, 5.74) is 0.0875. The third kappa shape index (κ3) is 6.96. The molecule has 1 rings (SSSR count). The minimum absolute atomic E-state index is 0.476. The molecule has 21 heavy (non-hydrogen) atoms. The van der Waals surface area contributed by atoms with Gasteiger partial charge in [-0.2, -0.15) is 13.2 Å². The van der Waals surface area contributed by atoms with Crippen molar-refractivity contribution in [2.45, 2.75) is 45.5 Å². The molecule has 0 heterocycles. The molecule has 0 bridgehead atoms. The highest BCUT2D eigenvalue weighted by atomic mass is 19.4. The monoisotopic (exact) mass is 302 g/mol. The second kappa shape index (κ2) is 8.39. The first kappa shape index (κ1) is 18.0. The van der Waals surface area contributed by atoms with Gasteiger partial charge in [-0.05, 0) is 58.5 Å². The number of hydrogen-bond acceptors (Lipinski definition) is 2. The van der Waals surface area contributed by atoms with E-state index in [4.69, 9.17) is 0 Å². The van der Waals surface area contributed by atoms with Crippen molar-refractivity contribution in [1.82, 2.24) is 10.2 Å². The minimum atomic E-state index is -4.27. The van der Waals surface area contributed by atoms with Gasteiger partial charge < -0.3 is 10.2 Å². The molecule has 120 valence electrons. The van der Waals surface area contributed by atoms with Crippen LogP contribution in [-0.2, 0) is 12.7 Å². The Morgan fingerprint density at radius 1 is 1.19 bits per heavy atom. The minimum Gasteiger partial charge on any atom is -0.313 e. The van der Waals surface area contributed by atoms with E-state index in [1.165, 1.54) is 12.1 Å². The molecular formula is C16H25F3N2. The van der Waals surface area contributed by atoms with Gasteiger partial charge in [0.05, 0.1) is 5.56 Å². The van der Waals surface area contributed by atoms with Crippen LogP contribution < -0.4 is 5.32 Å². The zero-order chi connectivity index (χ0) is 15.9. The summed E-state index contributed by atoms with van der Waals surface area (Å²) < 4.78 is 37.7. The molecule has 0 aliphatic carbocycles. The van der Waals surface area contributed by atoms with Gasteiger partial charge in [-0.15, -0.1) is 0 Å². The molecule has 1 aromatic carbocycles. The van der Waals surface area contributed by atoms with Gasteiger partial charge in [-0.3, -0.25) is 0 Å². The van der Waals surface area contributed by atoms with Crippen molar-refractivity contribution in [2.75, 3.05) is 20.1 Å². The number of hydrogen-bond donors (Lipinski definition) is 1. The van der Waals surface area contributed by atoms with E-state index in [2.05, 4.69) is 31.1 Å². The Morgan fingerprint density at radius 3 is 2.52 bits per heavy atom. The lowest BCUT2D eigenvalue weighted by Crippen LogP contribution is -2.27. The van der Waals surface area contributed by atoms with Crippen molar-refractivity contribution < 1.29 is 13.2 Å². The van der Waals surface area contributed by atoms with Crippen LogP contribution in [0.2, 0.25) is 0 Å². The van der Waals surface area contributed by atoms with Crippen LogP contribution in [0.25, 0.3) is 0 Å². The van der Waals surface area contributed by atoms with E-state index in [0.717, 1.165) is 32.0 Å². The smallest absolute Gasteiger partial charge is 0.313 e. The van der Waals surface area contributed by atoms with Crippen LogP contribution in [-0.4, -0.2) is 31.1 Å². The first-order valence-electron chi connectivity index (χ1n) is 7.38. The molecular weight excluding hydrogens is 277 g/mol. The van der Waals surface area contributed by atoms with Crippen molar-refractivity contribution in [3.05, 3.63) is 35.4 Å². The number of benzene rings is 1. The van der Waals surface area contributed by atoms with E-state index < -0.39 is 11.7 Å². The molecule has 0 aromatic heterocycles. The lowest BCUT2D eigenvalue weighted by atomic mass is 10.1. The number of rotatable bonds is 8. The maximum absolute atomic E-state index is 12.6. The van der Waals surface area contributed by atoms with Crippen LogP contribution in [0.4, 0.5) is 13.2 Å². The summed E-state index contributed by atoms with van der Waals surface area (Å²) >= 11 is 0. The number of alkyl halides is 3. The first-order chi connectivity index (χ1) is 9.80. The fourth-order valence-electron chi connectivity index (χ4n) is 1.96. The van der Waals surface area contributed by atoms with Crippen LogP contribution in [0.15, 0.2) is 24.3 Å². The van der Waals surface area contributed by atoms with Crippen LogP contribution in [0.1, 0.15) is 37.8 Å². The molecule has 0 unspecified atom stereocenters. The molecule has 0 amide bonds. The van der Waals surface area contributed by atoms with Crippen molar-refractivity contribution >= 4 is 0 Å². The molecule has 0 aliphatic rings. The summed E-state index contributed by atoms with van der Waals surface area (Å²) in [6.45, 7) is 6.66.